The summed E-state index contributed by atoms with van der Waals surface area (Å²) in [5.41, 5.74) is 1.77. The highest BCUT2D eigenvalue weighted by Gasteiger charge is 2.35. The van der Waals surface area contributed by atoms with Gasteiger partial charge < -0.3 is 10.2 Å². The number of aryl methyl sites for hydroxylation is 1. The number of amides is 2. The van der Waals surface area contributed by atoms with E-state index >= 15 is 4.39 Å². The summed E-state index contributed by atoms with van der Waals surface area (Å²) in [7, 11) is -4.37. The fraction of sp³-hybridized carbons (Fsp3) is 0.257. The number of benzene rings is 4. The minimum atomic E-state index is -4.37. The Balaban J connectivity index is 1.83. The Morgan fingerprint density at radius 3 is 2.26 bits per heavy atom. The van der Waals surface area contributed by atoms with Crippen molar-refractivity contribution in [3.63, 3.8) is 0 Å². The molecule has 0 spiro atoms. The van der Waals surface area contributed by atoms with Crippen LogP contribution in [-0.2, 0) is 32.6 Å². The molecule has 0 saturated heterocycles. The van der Waals surface area contributed by atoms with Gasteiger partial charge in [0.05, 0.1) is 15.6 Å². The van der Waals surface area contributed by atoms with Gasteiger partial charge in [0, 0.05) is 30.1 Å². The summed E-state index contributed by atoms with van der Waals surface area (Å²) in [6.45, 7) is 3.18. The predicted octanol–water partition coefficient (Wildman–Crippen LogP) is 7.19. The van der Waals surface area contributed by atoms with Crippen molar-refractivity contribution in [3.05, 3.63) is 130 Å². The highest BCUT2D eigenvalue weighted by atomic mass is 35.5. The minimum absolute atomic E-state index is 0.0130. The Morgan fingerprint density at radius 1 is 0.913 bits per heavy atom. The molecule has 4 rings (SSSR count). The Bertz CT molecular complexity index is 1760. The molecular weight excluding hydrogens is 648 g/mol. The van der Waals surface area contributed by atoms with Crippen molar-refractivity contribution in [2.24, 2.45) is 0 Å². The summed E-state index contributed by atoms with van der Waals surface area (Å²) in [5.74, 6) is -1.73. The number of carbonyl (C=O) groups is 2. The van der Waals surface area contributed by atoms with Gasteiger partial charge in [0.25, 0.3) is 10.0 Å². The van der Waals surface area contributed by atoms with Gasteiger partial charge in [0.1, 0.15) is 18.4 Å². The Labute approximate surface area is 280 Å². The molecule has 4 aromatic carbocycles. The lowest BCUT2D eigenvalue weighted by molar-refractivity contribution is -0.140. The molecular formula is C35H36Cl2FN3O4S. The molecule has 0 aliphatic rings. The lowest BCUT2D eigenvalue weighted by atomic mass is 10.0. The van der Waals surface area contributed by atoms with Crippen LogP contribution in [0.25, 0.3) is 0 Å². The molecule has 11 heteroatoms. The lowest BCUT2D eigenvalue weighted by Gasteiger charge is -2.34. The average Bonchev–Trinajstić information content (AvgIpc) is 3.04. The molecule has 7 nitrogen and oxygen atoms in total. The second kappa shape index (κ2) is 16.1. The van der Waals surface area contributed by atoms with E-state index in [0.29, 0.717) is 6.54 Å². The Morgan fingerprint density at radius 2 is 1.59 bits per heavy atom. The first kappa shape index (κ1) is 34.9. The number of hydrogen-bond acceptors (Lipinski definition) is 4. The summed E-state index contributed by atoms with van der Waals surface area (Å²) >= 11 is 12.8. The predicted molar refractivity (Wildman–Crippen MR) is 181 cm³/mol. The third-order valence-corrected chi connectivity index (χ3v) is 9.79. The number of nitrogens with zero attached hydrogens (tertiary/aromatic N) is 2. The Kier molecular flexibility index (Phi) is 12.2. The molecule has 0 saturated carbocycles. The maximum atomic E-state index is 15.0. The van der Waals surface area contributed by atoms with Crippen LogP contribution < -0.4 is 9.62 Å². The quantitative estimate of drug-likeness (QED) is 0.143. The normalized spacial score (nSPS) is 11.9. The van der Waals surface area contributed by atoms with Crippen LogP contribution in [0, 0.1) is 12.7 Å². The number of carbonyl (C=O) groups excluding carboxylic acids is 2. The largest absolute Gasteiger partial charge is 0.354 e. The van der Waals surface area contributed by atoms with E-state index in [9.17, 15) is 18.0 Å². The number of halogens is 3. The van der Waals surface area contributed by atoms with E-state index in [1.807, 2.05) is 44.2 Å². The topological polar surface area (TPSA) is 86.8 Å². The van der Waals surface area contributed by atoms with Crippen molar-refractivity contribution in [2.75, 3.05) is 17.4 Å². The van der Waals surface area contributed by atoms with Crippen LogP contribution >= 0.6 is 23.2 Å². The van der Waals surface area contributed by atoms with Crippen LogP contribution in [-0.4, -0.2) is 44.3 Å². The van der Waals surface area contributed by atoms with Gasteiger partial charge in [0.15, 0.2) is 0 Å². The molecule has 0 radical (unpaired) electrons. The molecule has 0 fully saturated rings. The number of unbranched alkanes of at least 4 members (excludes halogenated alkanes) is 1. The first-order chi connectivity index (χ1) is 22.0. The molecule has 46 heavy (non-hydrogen) atoms. The molecule has 0 bridgehead atoms. The zero-order valence-electron chi connectivity index (χ0n) is 25.6. The van der Waals surface area contributed by atoms with Gasteiger partial charge in [-0.1, -0.05) is 103 Å². The molecule has 0 aliphatic carbocycles. The third kappa shape index (κ3) is 8.87. The van der Waals surface area contributed by atoms with E-state index in [-0.39, 0.29) is 39.2 Å². The molecule has 0 heterocycles. The SMILES string of the molecule is CCCCNC(=O)[C@@H](Cc1ccccc1)N(Cc1ccccc1F)C(=O)CN(c1cc(Cl)ccc1Cl)S(=O)(=O)c1ccc(C)cc1. The Hall–Kier alpha value is -3.92. The van der Waals surface area contributed by atoms with Crippen molar-refractivity contribution in [1.82, 2.24) is 10.2 Å². The van der Waals surface area contributed by atoms with E-state index in [2.05, 4.69) is 5.32 Å². The molecule has 1 atom stereocenters. The summed E-state index contributed by atoms with van der Waals surface area (Å²) in [6.07, 6.45) is 1.68. The van der Waals surface area contributed by atoms with Gasteiger partial charge in [-0.3, -0.25) is 13.9 Å². The number of rotatable bonds is 14. The van der Waals surface area contributed by atoms with Crippen molar-refractivity contribution in [1.29, 1.82) is 0 Å². The summed E-state index contributed by atoms with van der Waals surface area (Å²) in [4.78, 5) is 29.4. The van der Waals surface area contributed by atoms with E-state index in [1.54, 1.807) is 18.2 Å². The molecule has 1 N–H and O–H groups in total. The molecule has 0 unspecified atom stereocenters. The monoisotopic (exact) mass is 683 g/mol. The van der Waals surface area contributed by atoms with Crippen molar-refractivity contribution in [2.45, 2.75) is 50.6 Å². The average molecular weight is 685 g/mol. The van der Waals surface area contributed by atoms with Crippen LogP contribution in [0.1, 0.15) is 36.5 Å². The highest BCUT2D eigenvalue weighted by Crippen LogP contribution is 2.33. The minimum Gasteiger partial charge on any atom is -0.354 e. The standard InChI is InChI=1S/C35H36Cl2FN3O4S/c1-3-4-20-39-35(43)33(21-26-10-6-5-7-11-26)40(23-27-12-8-9-13-31(27)38)34(42)24-41(32-22-28(36)16-19-30(32)37)46(44,45)29-17-14-25(2)15-18-29/h5-19,22,33H,3-4,20-21,23-24H2,1-2H3,(H,39,43)/t33-/m1/s1. The fourth-order valence-corrected chi connectivity index (χ4v) is 6.76. The molecule has 0 aliphatic heterocycles. The fourth-order valence-electron chi connectivity index (χ4n) is 4.90. The van der Waals surface area contributed by atoms with Crippen LogP contribution in [0.4, 0.5) is 10.1 Å². The van der Waals surface area contributed by atoms with Gasteiger partial charge in [0.2, 0.25) is 11.8 Å². The molecule has 0 aromatic heterocycles. The zero-order chi connectivity index (χ0) is 33.3. The summed E-state index contributed by atoms with van der Waals surface area (Å²) in [5, 5.41) is 3.16. The van der Waals surface area contributed by atoms with Crippen molar-refractivity contribution >= 4 is 50.7 Å². The van der Waals surface area contributed by atoms with E-state index < -0.39 is 40.2 Å². The third-order valence-electron chi connectivity index (χ3n) is 7.46. The second-order valence-electron chi connectivity index (χ2n) is 10.9. The smallest absolute Gasteiger partial charge is 0.264 e. The van der Waals surface area contributed by atoms with Crippen LogP contribution in [0.2, 0.25) is 10.0 Å². The zero-order valence-corrected chi connectivity index (χ0v) is 28.0. The highest BCUT2D eigenvalue weighted by molar-refractivity contribution is 7.92. The van der Waals surface area contributed by atoms with Crippen molar-refractivity contribution < 1.29 is 22.4 Å². The number of sulfonamides is 1. The van der Waals surface area contributed by atoms with Crippen molar-refractivity contribution in [3.8, 4) is 0 Å². The molecule has 242 valence electrons. The lowest BCUT2D eigenvalue weighted by Crippen LogP contribution is -2.53. The van der Waals surface area contributed by atoms with Gasteiger partial charge in [-0.15, -0.1) is 0 Å². The van der Waals surface area contributed by atoms with Gasteiger partial charge in [-0.05, 0) is 55.3 Å². The van der Waals surface area contributed by atoms with Gasteiger partial charge in [-0.2, -0.15) is 0 Å². The van der Waals surface area contributed by atoms with Crippen LogP contribution in [0.3, 0.4) is 0 Å². The number of anilines is 1. The van der Waals surface area contributed by atoms with E-state index in [1.165, 1.54) is 53.4 Å². The van der Waals surface area contributed by atoms with Crippen LogP contribution in [0.15, 0.2) is 102 Å². The van der Waals surface area contributed by atoms with Crippen LogP contribution in [0.5, 0.6) is 0 Å². The first-order valence-corrected chi connectivity index (χ1v) is 17.1. The van der Waals surface area contributed by atoms with E-state index in [4.69, 9.17) is 23.2 Å². The molecule has 4 aromatic rings. The molecule has 2 amide bonds. The maximum absolute atomic E-state index is 15.0. The second-order valence-corrected chi connectivity index (χ2v) is 13.6. The number of hydrogen-bond donors (Lipinski definition) is 1. The summed E-state index contributed by atoms with van der Waals surface area (Å²) < 4.78 is 44.3. The van der Waals surface area contributed by atoms with Gasteiger partial charge >= 0.3 is 0 Å². The first-order valence-electron chi connectivity index (χ1n) is 14.9. The maximum Gasteiger partial charge on any atom is 0.264 e. The van der Waals surface area contributed by atoms with E-state index in [0.717, 1.165) is 28.3 Å². The summed E-state index contributed by atoms with van der Waals surface area (Å²) in [6, 6.07) is 24.5. The van der Waals surface area contributed by atoms with Gasteiger partial charge in [-0.25, -0.2) is 12.8 Å². The number of nitrogens with one attached hydrogen (secondary N) is 1.